The Labute approximate surface area is 126 Å². The van der Waals surface area contributed by atoms with Crippen LogP contribution in [0.1, 0.15) is 13.3 Å². The molecule has 0 atom stereocenters. The largest absolute Gasteiger partial charge is 0.508 e. The predicted molar refractivity (Wildman–Crippen MR) is 84.8 cm³/mol. The van der Waals surface area contributed by atoms with Crippen molar-refractivity contribution in [3.63, 3.8) is 0 Å². The van der Waals surface area contributed by atoms with Gasteiger partial charge in [0.05, 0.1) is 11.0 Å². The number of imidazole rings is 1. The molecular formula is C16H15BrN2O. The van der Waals surface area contributed by atoms with E-state index in [1.165, 1.54) is 0 Å². The third kappa shape index (κ3) is 2.31. The van der Waals surface area contributed by atoms with Gasteiger partial charge >= 0.3 is 0 Å². The summed E-state index contributed by atoms with van der Waals surface area (Å²) >= 11 is 3.49. The number of hydrogen-bond donors (Lipinski definition) is 1. The second-order valence-corrected chi connectivity index (χ2v) is 5.68. The number of aromatic nitrogens is 2. The molecule has 102 valence electrons. The highest BCUT2D eigenvalue weighted by molar-refractivity contribution is 9.10. The highest BCUT2D eigenvalue weighted by atomic mass is 79.9. The number of nitrogens with zero attached hydrogens (tertiary/aromatic N) is 2. The summed E-state index contributed by atoms with van der Waals surface area (Å²) in [5.74, 6) is 1.22. The molecule has 0 aliphatic carbocycles. The van der Waals surface area contributed by atoms with Crippen molar-refractivity contribution in [2.45, 2.75) is 19.9 Å². The second-order valence-electron chi connectivity index (χ2n) is 4.77. The average Bonchev–Trinajstić information content (AvgIpc) is 2.78. The van der Waals surface area contributed by atoms with E-state index in [-0.39, 0.29) is 5.75 Å². The van der Waals surface area contributed by atoms with Crippen LogP contribution in [0.3, 0.4) is 0 Å². The molecule has 0 fully saturated rings. The maximum absolute atomic E-state index is 9.42. The van der Waals surface area contributed by atoms with Gasteiger partial charge in [0.1, 0.15) is 11.6 Å². The van der Waals surface area contributed by atoms with E-state index in [1.54, 1.807) is 12.1 Å². The maximum Gasteiger partial charge on any atom is 0.141 e. The van der Waals surface area contributed by atoms with Gasteiger partial charge in [0.2, 0.25) is 0 Å². The average molecular weight is 331 g/mol. The highest BCUT2D eigenvalue weighted by Gasteiger charge is 2.12. The van der Waals surface area contributed by atoms with Gasteiger partial charge in [-0.2, -0.15) is 0 Å². The van der Waals surface area contributed by atoms with Crippen molar-refractivity contribution in [2.24, 2.45) is 0 Å². The number of phenolic OH excluding ortho intramolecular Hbond substituents is 1. The zero-order valence-electron chi connectivity index (χ0n) is 11.2. The van der Waals surface area contributed by atoms with Crippen molar-refractivity contribution in [1.82, 2.24) is 9.55 Å². The molecule has 4 heteroatoms. The SMILES string of the molecule is CCCn1c(-c2ccc(O)cc2)nc2cc(Br)ccc21. The van der Waals surface area contributed by atoms with Gasteiger partial charge in [-0.1, -0.05) is 22.9 Å². The van der Waals surface area contributed by atoms with E-state index >= 15 is 0 Å². The number of phenols is 1. The van der Waals surface area contributed by atoms with Crippen LogP contribution in [0.5, 0.6) is 5.75 Å². The number of hydrogen-bond acceptors (Lipinski definition) is 2. The first kappa shape index (κ1) is 13.2. The Morgan fingerprint density at radius 2 is 1.90 bits per heavy atom. The molecule has 1 aromatic heterocycles. The summed E-state index contributed by atoms with van der Waals surface area (Å²) in [6.45, 7) is 3.08. The van der Waals surface area contributed by atoms with Crippen LogP contribution in [-0.2, 0) is 6.54 Å². The Morgan fingerprint density at radius 3 is 2.60 bits per heavy atom. The van der Waals surface area contributed by atoms with Crippen molar-refractivity contribution in [3.05, 3.63) is 46.9 Å². The van der Waals surface area contributed by atoms with Gasteiger partial charge in [-0.25, -0.2) is 4.98 Å². The first-order chi connectivity index (χ1) is 9.69. The first-order valence-electron chi connectivity index (χ1n) is 6.64. The summed E-state index contributed by atoms with van der Waals surface area (Å²) in [5.41, 5.74) is 3.14. The Morgan fingerprint density at radius 1 is 1.15 bits per heavy atom. The maximum atomic E-state index is 9.42. The third-order valence-corrected chi connectivity index (χ3v) is 3.78. The van der Waals surface area contributed by atoms with Crippen LogP contribution in [0.25, 0.3) is 22.4 Å². The molecule has 0 saturated heterocycles. The van der Waals surface area contributed by atoms with Gasteiger partial charge in [-0.15, -0.1) is 0 Å². The number of benzene rings is 2. The summed E-state index contributed by atoms with van der Waals surface area (Å²) < 4.78 is 3.26. The number of fused-ring (bicyclic) bond motifs is 1. The lowest BCUT2D eigenvalue weighted by Crippen LogP contribution is -1.99. The molecule has 1 heterocycles. The number of aromatic hydroxyl groups is 1. The molecule has 0 aliphatic heterocycles. The molecule has 20 heavy (non-hydrogen) atoms. The Balaban J connectivity index is 2.22. The van der Waals surface area contributed by atoms with Crippen LogP contribution in [0.2, 0.25) is 0 Å². The van der Waals surface area contributed by atoms with Gasteiger partial charge in [0.25, 0.3) is 0 Å². The molecule has 0 radical (unpaired) electrons. The molecule has 3 rings (SSSR count). The van der Waals surface area contributed by atoms with E-state index in [0.29, 0.717) is 0 Å². The smallest absolute Gasteiger partial charge is 0.141 e. The fourth-order valence-electron chi connectivity index (χ4n) is 2.38. The summed E-state index contributed by atoms with van der Waals surface area (Å²) in [7, 11) is 0. The van der Waals surface area contributed by atoms with E-state index in [1.807, 2.05) is 24.3 Å². The molecule has 0 aliphatic rings. The lowest BCUT2D eigenvalue weighted by atomic mass is 10.2. The minimum absolute atomic E-state index is 0.273. The van der Waals surface area contributed by atoms with E-state index in [0.717, 1.165) is 39.9 Å². The molecule has 3 aromatic rings. The zero-order valence-corrected chi connectivity index (χ0v) is 12.8. The van der Waals surface area contributed by atoms with Crippen molar-refractivity contribution in [2.75, 3.05) is 0 Å². The Hall–Kier alpha value is -1.81. The van der Waals surface area contributed by atoms with Gasteiger partial charge in [-0.3, -0.25) is 0 Å². The summed E-state index contributed by atoms with van der Waals surface area (Å²) in [4.78, 5) is 4.74. The molecule has 0 amide bonds. The van der Waals surface area contributed by atoms with Crippen LogP contribution < -0.4 is 0 Å². The van der Waals surface area contributed by atoms with Crippen molar-refractivity contribution < 1.29 is 5.11 Å². The fraction of sp³-hybridized carbons (Fsp3) is 0.188. The first-order valence-corrected chi connectivity index (χ1v) is 7.43. The predicted octanol–water partition coefficient (Wildman–Crippen LogP) is 4.58. The second kappa shape index (κ2) is 5.29. The number of halogens is 1. The number of rotatable bonds is 3. The zero-order chi connectivity index (χ0) is 14.1. The van der Waals surface area contributed by atoms with Crippen LogP contribution in [-0.4, -0.2) is 14.7 Å². The lowest BCUT2D eigenvalue weighted by molar-refractivity contribution is 0.475. The van der Waals surface area contributed by atoms with E-state index in [4.69, 9.17) is 4.98 Å². The fourth-order valence-corrected chi connectivity index (χ4v) is 2.73. The molecular weight excluding hydrogens is 316 g/mol. The molecule has 0 saturated carbocycles. The van der Waals surface area contributed by atoms with Crippen molar-refractivity contribution in [3.8, 4) is 17.1 Å². The van der Waals surface area contributed by atoms with Gasteiger partial charge in [0.15, 0.2) is 0 Å². The van der Waals surface area contributed by atoms with Gasteiger partial charge < -0.3 is 9.67 Å². The van der Waals surface area contributed by atoms with Gasteiger partial charge in [-0.05, 0) is 48.9 Å². The minimum Gasteiger partial charge on any atom is -0.508 e. The molecule has 0 bridgehead atoms. The normalized spacial score (nSPS) is 11.1. The standard InChI is InChI=1S/C16H15BrN2O/c1-2-9-19-15-8-5-12(17)10-14(15)18-16(19)11-3-6-13(20)7-4-11/h3-8,10,20H,2,9H2,1H3. The Bertz CT molecular complexity index is 747. The third-order valence-electron chi connectivity index (χ3n) is 3.28. The van der Waals surface area contributed by atoms with Gasteiger partial charge in [0, 0.05) is 16.6 Å². The monoisotopic (exact) mass is 330 g/mol. The quantitative estimate of drug-likeness (QED) is 0.763. The highest BCUT2D eigenvalue weighted by Crippen LogP contribution is 2.28. The van der Waals surface area contributed by atoms with Crippen LogP contribution >= 0.6 is 15.9 Å². The summed E-state index contributed by atoms with van der Waals surface area (Å²) in [5, 5.41) is 9.42. The number of aryl methyl sites for hydroxylation is 1. The lowest BCUT2D eigenvalue weighted by Gasteiger charge is -2.07. The van der Waals surface area contributed by atoms with Crippen LogP contribution in [0.15, 0.2) is 46.9 Å². The van der Waals surface area contributed by atoms with E-state index < -0.39 is 0 Å². The minimum atomic E-state index is 0.273. The summed E-state index contributed by atoms with van der Waals surface area (Å²) in [6, 6.07) is 13.4. The van der Waals surface area contributed by atoms with E-state index in [9.17, 15) is 5.11 Å². The molecule has 1 N–H and O–H groups in total. The van der Waals surface area contributed by atoms with E-state index in [2.05, 4.69) is 33.5 Å². The molecule has 0 unspecified atom stereocenters. The summed E-state index contributed by atoms with van der Waals surface area (Å²) in [6.07, 6.45) is 1.05. The molecule has 2 aromatic carbocycles. The van der Waals surface area contributed by atoms with Crippen molar-refractivity contribution in [1.29, 1.82) is 0 Å². The molecule has 0 spiro atoms. The van der Waals surface area contributed by atoms with Crippen molar-refractivity contribution >= 4 is 27.0 Å². The topological polar surface area (TPSA) is 38.0 Å². The Kier molecular flexibility index (Phi) is 3.49. The molecule has 3 nitrogen and oxygen atoms in total. The van der Waals surface area contributed by atoms with Crippen LogP contribution in [0, 0.1) is 0 Å². The van der Waals surface area contributed by atoms with Crippen LogP contribution in [0.4, 0.5) is 0 Å².